The molecule has 2 fully saturated rings. The normalized spacial score (nSPS) is 31.5. The molecule has 2 nitrogen and oxygen atoms in total. The lowest BCUT2D eigenvalue weighted by atomic mass is 10.0. The fourth-order valence-electron chi connectivity index (χ4n) is 2.85. The molecule has 3 rings (SSSR count). The number of nitrogens with one attached hydrogen (secondary N) is 1. The van der Waals surface area contributed by atoms with E-state index < -0.39 is 0 Å². The van der Waals surface area contributed by atoms with Crippen molar-refractivity contribution in [3.05, 3.63) is 35.9 Å². The first-order valence-corrected chi connectivity index (χ1v) is 5.96. The number of rotatable bonds is 1. The van der Waals surface area contributed by atoms with Crippen molar-refractivity contribution in [3.8, 4) is 0 Å². The Balaban J connectivity index is 1.74. The lowest BCUT2D eigenvalue weighted by Crippen LogP contribution is -2.49. The van der Waals surface area contributed by atoms with Crippen LogP contribution in [-0.2, 0) is 0 Å². The molecule has 2 heteroatoms. The van der Waals surface area contributed by atoms with E-state index in [1.54, 1.807) is 0 Å². The van der Waals surface area contributed by atoms with E-state index in [0.717, 1.165) is 6.04 Å². The van der Waals surface area contributed by atoms with Crippen molar-refractivity contribution in [2.45, 2.75) is 24.9 Å². The lowest BCUT2D eigenvalue weighted by molar-refractivity contribution is 0.174. The smallest absolute Gasteiger partial charge is 0.0449 e. The van der Waals surface area contributed by atoms with E-state index >= 15 is 0 Å². The van der Waals surface area contributed by atoms with Crippen LogP contribution >= 0.6 is 0 Å². The molecule has 1 aromatic carbocycles. The van der Waals surface area contributed by atoms with Crippen molar-refractivity contribution in [3.63, 3.8) is 0 Å². The summed E-state index contributed by atoms with van der Waals surface area (Å²) in [6.07, 6.45) is 2.77. The summed E-state index contributed by atoms with van der Waals surface area (Å²) in [5.74, 6) is 0. The van der Waals surface area contributed by atoms with E-state index in [2.05, 4.69) is 40.5 Å². The first-order chi connectivity index (χ1) is 7.43. The fourth-order valence-corrected chi connectivity index (χ4v) is 2.85. The third kappa shape index (κ3) is 1.80. The van der Waals surface area contributed by atoms with Crippen LogP contribution in [0.2, 0.25) is 0 Å². The molecule has 1 N–H and O–H groups in total. The van der Waals surface area contributed by atoms with Crippen LogP contribution in [0.5, 0.6) is 0 Å². The quantitative estimate of drug-likeness (QED) is 0.747. The van der Waals surface area contributed by atoms with Gasteiger partial charge in [-0.1, -0.05) is 30.3 Å². The predicted octanol–water partition coefficient (Wildman–Crippen LogP) is 1.80. The van der Waals surface area contributed by atoms with Crippen LogP contribution in [0, 0.1) is 0 Å². The molecule has 2 atom stereocenters. The summed E-state index contributed by atoms with van der Waals surface area (Å²) in [6.45, 7) is 3.66. The molecule has 1 aromatic rings. The minimum Gasteiger partial charge on any atom is -0.307 e. The van der Waals surface area contributed by atoms with Gasteiger partial charge in [-0.05, 0) is 24.9 Å². The highest BCUT2D eigenvalue weighted by molar-refractivity contribution is 5.20. The Morgan fingerprint density at radius 3 is 2.93 bits per heavy atom. The zero-order valence-electron chi connectivity index (χ0n) is 9.02. The maximum absolute atomic E-state index is 3.67. The first kappa shape index (κ1) is 9.37. The van der Waals surface area contributed by atoms with E-state index in [-0.39, 0.29) is 0 Å². The van der Waals surface area contributed by atoms with Crippen LogP contribution in [0.3, 0.4) is 0 Å². The Morgan fingerprint density at radius 1 is 1.20 bits per heavy atom. The second-order valence-electron chi connectivity index (χ2n) is 4.66. The second kappa shape index (κ2) is 3.95. The molecule has 0 saturated carbocycles. The van der Waals surface area contributed by atoms with Crippen molar-refractivity contribution < 1.29 is 0 Å². The van der Waals surface area contributed by atoms with Gasteiger partial charge in [-0.15, -0.1) is 0 Å². The fraction of sp³-hybridized carbons (Fsp3) is 0.538. The van der Waals surface area contributed by atoms with Crippen molar-refractivity contribution in [1.29, 1.82) is 0 Å². The van der Waals surface area contributed by atoms with Crippen LogP contribution in [-0.4, -0.2) is 30.6 Å². The molecule has 0 aromatic heterocycles. The minimum absolute atomic E-state index is 0.542. The standard InChI is InChI=1S/C13H18N2/c1-2-5-11(6-3-1)13-10-15-8-4-7-12(15)9-14-13/h1-3,5-6,12-14H,4,7-10H2/t12-,13+/m0/s1. The molecule has 2 aliphatic heterocycles. The number of piperazine rings is 1. The summed E-state index contributed by atoms with van der Waals surface area (Å²) in [6, 6.07) is 12.2. The molecule has 0 unspecified atom stereocenters. The maximum atomic E-state index is 3.67. The molecule has 0 aliphatic carbocycles. The molecule has 2 heterocycles. The van der Waals surface area contributed by atoms with Gasteiger partial charge in [0.05, 0.1) is 0 Å². The van der Waals surface area contributed by atoms with Crippen molar-refractivity contribution in [2.24, 2.45) is 0 Å². The summed E-state index contributed by atoms with van der Waals surface area (Å²) >= 11 is 0. The number of hydrogen-bond acceptors (Lipinski definition) is 2. The van der Waals surface area contributed by atoms with Crippen LogP contribution in [0.15, 0.2) is 30.3 Å². The molecular weight excluding hydrogens is 184 g/mol. The largest absolute Gasteiger partial charge is 0.307 e. The summed E-state index contributed by atoms with van der Waals surface area (Å²) in [5.41, 5.74) is 1.43. The average Bonchev–Trinajstić information content (AvgIpc) is 2.77. The highest BCUT2D eigenvalue weighted by atomic mass is 15.2. The summed E-state index contributed by atoms with van der Waals surface area (Å²) in [7, 11) is 0. The summed E-state index contributed by atoms with van der Waals surface area (Å²) in [5, 5.41) is 3.67. The van der Waals surface area contributed by atoms with Crippen molar-refractivity contribution in [2.75, 3.05) is 19.6 Å². The van der Waals surface area contributed by atoms with Gasteiger partial charge < -0.3 is 5.32 Å². The summed E-state index contributed by atoms with van der Waals surface area (Å²) < 4.78 is 0. The molecule has 80 valence electrons. The third-order valence-corrected chi connectivity index (χ3v) is 3.72. The number of benzene rings is 1. The van der Waals surface area contributed by atoms with Crippen molar-refractivity contribution >= 4 is 0 Å². The molecular formula is C13H18N2. The van der Waals surface area contributed by atoms with Gasteiger partial charge in [0.2, 0.25) is 0 Å². The Labute approximate surface area is 91.3 Å². The molecule has 0 spiro atoms. The SMILES string of the molecule is c1ccc([C@H]2CN3CCC[C@H]3CN2)cc1. The summed E-state index contributed by atoms with van der Waals surface area (Å²) in [4.78, 5) is 2.65. The second-order valence-corrected chi connectivity index (χ2v) is 4.66. The van der Waals surface area contributed by atoms with Gasteiger partial charge in [-0.3, -0.25) is 4.90 Å². The highest BCUT2D eigenvalue weighted by Gasteiger charge is 2.31. The monoisotopic (exact) mass is 202 g/mol. The van der Waals surface area contributed by atoms with E-state index in [9.17, 15) is 0 Å². The molecule has 15 heavy (non-hydrogen) atoms. The van der Waals surface area contributed by atoms with Crippen LogP contribution in [0.25, 0.3) is 0 Å². The molecule has 0 amide bonds. The molecule has 2 aliphatic rings. The van der Waals surface area contributed by atoms with Crippen LogP contribution in [0.1, 0.15) is 24.4 Å². The van der Waals surface area contributed by atoms with E-state index in [4.69, 9.17) is 0 Å². The Bertz CT molecular complexity index is 323. The van der Waals surface area contributed by atoms with Gasteiger partial charge in [-0.2, -0.15) is 0 Å². The number of fused-ring (bicyclic) bond motifs is 1. The zero-order chi connectivity index (χ0) is 10.1. The first-order valence-electron chi connectivity index (χ1n) is 5.96. The van der Waals surface area contributed by atoms with Gasteiger partial charge in [-0.25, -0.2) is 0 Å². The third-order valence-electron chi connectivity index (χ3n) is 3.72. The lowest BCUT2D eigenvalue weighted by Gasteiger charge is -2.36. The van der Waals surface area contributed by atoms with Crippen LogP contribution in [0.4, 0.5) is 0 Å². The molecule has 0 bridgehead atoms. The Morgan fingerprint density at radius 2 is 2.07 bits per heavy atom. The maximum Gasteiger partial charge on any atom is 0.0449 e. The highest BCUT2D eigenvalue weighted by Crippen LogP contribution is 2.25. The van der Waals surface area contributed by atoms with Gasteiger partial charge >= 0.3 is 0 Å². The average molecular weight is 202 g/mol. The molecule has 2 saturated heterocycles. The Hall–Kier alpha value is -0.860. The van der Waals surface area contributed by atoms with Gasteiger partial charge in [0.15, 0.2) is 0 Å². The topological polar surface area (TPSA) is 15.3 Å². The van der Waals surface area contributed by atoms with E-state index in [1.807, 2.05) is 0 Å². The predicted molar refractivity (Wildman–Crippen MR) is 61.8 cm³/mol. The van der Waals surface area contributed by atoms with Crippen LogP contribution < -0.4 is 5.32 Å². The Kier molecular flexibility index (Phi) is 2.47. The van der Waals surface area contributed by atoms with Crippen molar-refractivity contribution in [1.82, 2.24) is 10.2 Å². The van der Waals surface area contributed by atoms with Gasteiger partial charge in [0.25, 0.3) is 0 Å². The zero-order valence-corrected chi connectivity index (χ0v) is 9.02. The van der Waals surface area contributed by atoms with E-state index in [1.165, 1.54) is 38.0 Å². The minimum atomic E-state index is 0.542. The van der Waals surface area contributed by atoms with Gasteiger partial charge in [0, 0.05) is 25.2 Å². The number of hydrogen-bond donors (Lipinski definition) is 1. The molecule has 0 radical (unpaired) electrons. The number of nitrogens with zero attached hydrogens (tertiary/aromatic N) is 1. The van der Waals surface area contributed by atoms with Gasteiger partial charge in [0.1, 0.15) is 0 Å². The van der Waals surface area contributed by atoms with E-state index in [0.29, 0.717) is 6.04 Å².